The number of hydrogen-bond acceptors (Lipinski definition) is 4. The van der Waals surface area contributed by atoms with Crippen LogP contribution >= 0.6 is 0 Å². The fourth-order valence-electron chi connectivity index (χ4n) is 2.61. The van der Waals surface area contributed by atoms with Crippen LogP contribution in [0.15, 0.2) is 48.5 Å². The van der Waals surface area contributed by atoms with Gasteiger partial charge in [-0.25, -0.2) is 4.39 Å². The van der Waals surface area contributed by atoms with E-state index in [0.29, 0.717) is 24.5 Å². The minimum atomic E-state index is -0.512. The lowest BCUT2D eigenvalue weighted by atomic mass is 10.1. The van der Waals surface area contributed by atoms with Gasteiger partial charge in [0.15, 0.2) is 11.6 Å². The van der Waals surface area contributed by atoms with Crippen molar-refractivity contribution in [2.45, 2.75) is 19.1 Å². The lowest BCUT2D eigenvalue weighted by molar-refractivity contribution is -0.134. The van der Waals surface area contributed by atoms with Crippen molar-refractivity contribution >= 4 is 5.91 Å². The molecule has 1 heterocycles. The number of carbonyl (C=O) groups excluding carboxylic acids is 1. The van der Waals surface area contributed by atoms with Gasteiger partial charge in [0.05, 0.1) is 12.6 Å². The number of morpholine rings is 1. The topological polar surface area (TPSA) is 59.6 Å². The average Bonchev–Trinajstić information content (AvgIpc) is 2.65. The molecule has 6 heteroatoms. The average molecular weight is 344 g/mol. The van der Waals surface area contributed by atoms with E-state index in [0.717, 1.165) is 6.54 Å². The summed E-state index contributed by atoms with van der Waals surface area (Å²) in [6.07, 6.45) is -0.512. The molecule has 1 aliphatic heterocycles. The Labute approximate surface area is 146 Å². The number of para-hydroxylation sites is 1. The summed E-state index contributed by atoms with van der Waals surface area (Å²) in [6, 6.07) is 13.4. The van der Waals surface area contributed by atoms with Crippen LogP contribution in [-0.4, -0.2) is 31.7 Å². The number of amides is 1. The number of hydrogen-bond donors (Lipinski definition) is 2. The number of carbonyl (C=O) groups is 1. The van der Waals surface area contributed by atoms with E-state index in [-0.39, 0.29) is 17.7 Å². The first kappa shape index (κ1) is 17.4. The summed E-state index contributed by atoms with van der Waals surface area (Å²) in [7, 11) is 0. The molecular weight excluding hydrogens is 323 g/mol. The van der Waals surface area contributed by atoms with E-state index in [1.807, 2.05) is 18.2 Å². The van der Waals surface area contributed by atoms with Crippen LogP contribution in [0.4, 0.5) is 4.39 Å². The molecule has 5 nitrogen and oxygen atoms in total. The second kappa shape index (κ2) is 8.09. The zero-order valence-corrected chi connectivity index (χ0v) is 14.0. The van der Waals surface area contributed by atoms with E-state index < -0.39 is 11.9 Å². The highest BCUT2D eigenvalue weighted by atomic mass is 19.1. The number of ether oxygens (including phenoxy) is 2. The third kappa shape index (κ3) is 4.55. The van der Waals surface area contributed by atoms with Gasteiger partial charge in [-0.15, -0.1) is 0 Å². The van der Waals surface area contributed by atoms with E-state index in [2.05, 4.69) is 10.6 Å². The molecule has 3 rings (SSSR count). The first-order chi connectivity index (χ1) is 12.1. The van der Waals surface area contributed by atoms with Crippen molar-refractivity contribution in [3.8, 4) is 11.5 Å². The van der Waals surface area contributed by atoms with Gasteiger partial charge < -0.3 is 20.1 Å². The Hall–Kier alpha value is -2.44. The molecule has 25 heavy (non-hydrogen) atoms. The molecule has 1 amide bonds. The predicted octanol–water partition coefficient (Wildman–Crippen LogP) is 2.78. The van der Waals surface area contributed by atoms with Crippen molar-refractivity contribution < 1.29 is 18.7 Å². The third-order valence-electron chi connectivity index (χ3n) is 4.01. The molecule has 2 aromatic carbocycles. The molecule has 0 aromatic heterocycles. The molecule has 0 bridgehead atoms. The Morgan fingerprint density at radius 2 is 2.12 bits per heavy atom. The quantitative estimate of drug-likeness (QED) is 0.876. The van der Waals surface area contributed by atoms with Gasteiger partial charge in [0.1, 0.15) is 11.9 Å². The van der Waals surface area contributed by atoms with E-state index in [4.69, 9.17) is 9.47 Å². The summed E-state index contributed by atoms with van der Waals surface area (Å²) >= 11 is 0. The summed E-state index contributed by atoms with van der Waals surface area (Å²) in [5.41, 5.74) is 0.662. The van der Waals surface area contributed by atoms with Gasteiger partial charge in [-0.05, 0) is 36.8 Å². The van der Waals surface area contributed by atoms with Crippen molar-refractivity contribution in [3.63, 3.8) is 0 Å². The highest BCUT2D eigenvalue weighted by Gasteiger charge is 2.23. The molecule has 0 radical (unpaired) electrons. The van der Waals surface area contributed by atoms with Crippen molar-refractivity contribution in [1.82, 2.24) is 10.6 Å². The van der Waals surface area contributed by atoms with Crippen LogP contribution in [0.5, 0.6) is 11.5 Å². The maximum absolute atomic E-state index is 14.3. The van der Waals surface area contributed by atoms with Crippen LogP contribution < -0.4 is 15.4 Å². The highest BCUT2D eigenvalue weighted by Crippen LogP contribution is 2.26. The van der Waals surface area contributed by atoms with E-state index in [1.165, 1.54) is 6.07 Å². The Kier molecular flexibility index (Phi) is 5.63. The molecule has 1 fully saturated rings. The Morgan fingerprint density at radius 3 is 2.80 bits per heavy atom. The molecule has 2 aromatic rings. The molecular formula is C19H21FN2O3. The van der Waals surface area contributed by atoms with Crippen LogP contribution in [0.3, 0.4) is 0 Å². The highest BCUT2D eigenvalue weighted by molar-refractivity contribution is 5.81. The SMILES string of the molecule is CC(NC(=O)C1CNCCO1)c1ccc(Oc2ccccc2)c(F)c1. The summed E-state index contributed by atoms with van der Waals surface area (Å²) in [5.74, 6) is 0.0356. The maximum atomic E-state index is 14.3. The largest absolute Gasteiger partial charge is 0.454 e. The van der Waals surface area contributed by atoms with Gasteiger partial charge >= 0.3 is 0 Å². The molecule has 2 unspecified atom stereocenters. The van der Waals surface area contributed by atoms with Crippen LogP contribution in [0.25, 0.3) is 0 Å². The van der Waals surface area contributed by atoms with Gasteiger partial charge in [0.2, 0.25) is 0 Å². The summed E-state index contributed by atoms with van der Waals surface area (Å²) in [4.78, 5) is 12.2. The molecule has 2 N–H and O–H groups in total. The monoisotopic (exact) mass is 344 g/mol. The number of rotatable bonds is 5. The fourth-order valence-corrected chi connectivity index (χ4v) is 2.61. The van der Waals surface area contributed by atoms with Crippen LogP contribution in [0.1, 0.15) is 18.5 Å². The Bertz CT molecular complexity index is 718. The molecule has 0 spiro atoms. The van der Waals surface area contributed by atoms with Gasteiger partial charge in [0, 0.05) is 13.1 Å². The first-order valence-corrected chi connectivity index (χ1v) is 8.28. The van der Waals surface area contributed by atoms with E-state index >= 15 is 0 Å². The lowest BCUT2D eigenvalue weighted by Gasteiger charge is -2.24. The molecule has 1 saturated heterocycles. The van der Waals surface area contributed by atoms with Crippen LogP contribution in [0, 0.1) is 5.82 Å². The normalized spacial score (nSPS) is 18.4. The number of nitrogens with one attached hydrogen (secondary N) is 2. The van der Waals surface area contributed by atoms with Gasteiger partial charge in [-0.3, -0.25) is 4.79 Å². The third-order valence-corrected chi connectivity index (χ3v) is 4.01. The Morgan fingerprint density at radius 1 is 1.32 bits per heavy atom. The van der Waals surface area contributed by atoms with Gasteiger partial charge in [0.25, 0.3) is 5.91 Å². The zero-order valence-electron chi connectivity index (χ0n) is 14.0. The molecule has 0 saturated carbocycles. The second-order valence-corrected chi connectivity index (χ2v) is 5.90. The lowest BCUT2D eigenvalue weighted by Crippen LogP contribution is -2.48. The summed E-state index contributed by atoms with van der Waals surface area (Å²) in [6.45, 7) is 3.54. The van der Waals surface area contributed by atoms with E-state index in [9.17, 15) is 9.18 Å². The summed E-state index contributed by atoms with van der Waals surface area (Å²) < 4.78 is 25.3. The zero-order chi connectivity index (χ0) is 17.6. The van der Waals surface area contributed by atoms with Crippen LogP contribution in [-0.2, 0) is 9.53 Å². The second-order valence-electron chi connectivity index (χ2n) is 5.90. The summed E-state index contributed by atoms with van der Waals surface area (Å²) in [5, 5.41) is 5.96. The minimum absolute atomic E-state index is 0.147. The molecule has 0 aliphatic carbocycles. The molecule has 2 atom stereocenters. The van der Waals surface area contributed by atoms with Crippen molar-refractivity contribution in [2.75, 3.05) is 19.7 Å². The maximum Gasteiger partial charge on any atom is 0.250 e. The minimum Gasteiger partial charge on any atom is -0.454 e. The van der Waals surface area contributed by atoms with Crippen LogP contribution in [0.2, 0.25) is 0 Å². The van der Waals surface area contributed by atoms with Crippen molar-refractivity contribution in [1.29, 1.82) is 0 Å². The standard InChI is InChI=1S/C19H21FN2O3/c1-13(22-19(23)18-12-21-9-10-24-18)14-7-8-17(16(20)11-14)25-15-5-3-2-4-6-15/h2-8,11,13,18,21H,9-10,12H2,1H3,(H,22,23). The smallest absolute Gasteiger partial charge is 0.250 e. The van der Waals surface area contributed by atoms with Crippen molar-refractivity contribution in [2.24, 2.45) is 0 Å². The Balaban J connectivity index is 1.64. The molecule has 132 valence electrons. The van der Waals surface area contributed by atoms with Crippen molar-refractivity contribution in [3.05, 3.63) is 59.9 Å². The molecule has 1 aliphatic rings. The number of benzene rings is 2. The fraction of sp³-hybridized carbons (Fsp3) is 0.316. The number of halogens is 1. The van der Waals surface area contributed by atoms with Gasteiger partial charge in [-0.1, -0.05) is 24.3 Å². The van der Waals surface area contributed by atoms with Gasteiger partial charge in [-0.2, -0.15) is 0 Å². The van der Waals surface area contributed by atoms with E-state index in [1.54, 1.807) is 31.2 Å². The first-order valence-electron chi connectivity index (χ1n) is 8.28. The predicted molar refractivity (Wildman–Crippen MR) is 92.1 cm³/mol.